The second-order valence-electron chi connectivity index (χ2n) is 6.38. The number of aromatic nitrogens is 2. The van der Waals surface area contributed by atoms with Gasteiger partial charge in [-0.2, -0.15) is 0 Å². The molecule has 0 radical (unpaired) electrons. The molecule has 5 aromatic rings. The van der Waals surface area contributed by atoms with Gasteiger partial charge in [0.15, 0.2) is 0 Å². The lowest BCUT2D eigenvalue weighted by atomic mass is 9.97. The van der Waals surface area contributed by atoms with Gasteiger partial charge < -0.3 is 15.3 Å². The molecular formula is C20H15N3O. The Morgan fingerprint density at radius 1 is 0.792 bits per heavy atom. The number of carbonyl (C=O) groups excluding carboxylic acids is 1. The molecule has 4 heteroatoms. The first-order valence-corrected chi connectivity index (χ1v) is 8.07. The van der Waals surface area contributed by atoms with E-state index < -0.39 is 0 Å². The van der Waals surface area contributed by atoms with Gasteiger partial charge in [0.05, 0.1) is 16.6 Å². The molecule has 6 rings (SSSR count). The highest BCUT2D eigenvalue weighted by Crippen LogP contribution is 2.41. The molecule has 4 nitrogen and oxygen atoms in total. The Kier molecular flexibility index (Phi) is 2.02. The van der Waals surface area contributed by atoms with Gasteiger partial charge in [-0.1, -0.05) is 36.4 Å². The number of fused-ring (bicyclic) bond motifs is 10. The Bertz CT molecular complexity index is 1330. The second kappa shape index (κ2) is 3.97. The number of carbonyl (C=O) groups is 1. The van der Waals surface area contributed by atoms with E-state index in [1.165, 1.54) is 5.39 Å². The maximum atomic E-state index is 12.6. The van der Waals surface area contributed by atoms with E-state index in [4.69, 9.17) is 0 Å². The second-order valence-corrected chi connectivity index (χ2v) is 6.38. The molecule has 3 aromatic carbocycles. The van der Waals surface area contributed by atoms with Gasteiger partial charge in [0, 0.05) is 40.5 Å². The fraction of sp³-hybridized carbons (Fsp3) is 0.0500. The van der Waals surface area contributed by atoms with Crippen LogP contribution in [0.2, 0.25) is 0 Å². The van der Waals surface area contributed by atoms with Crippen molar-refractivity contribution in [3.63, 3.8) is 0 Å². The molecule has 3 N–H and O–H groups in total. The predicted molar refractivity (Wildman–Crippen MR) is 98.5 cm³/mol. The summed E-state index contributed by atoms with van der Waals surface area (Å²) in [6.45, 7) is 0.585. The monoisotopic (exact) mass is 313 g/mol. The first-order valence-electron chi connectivity index (χ1n) is 8.07. The summed E-state index contributed by atoms with van der Waals surface area (Å²) in [5.41, 5.74) is 6.17. The third kappa shape index (κ3) is 1.28. The standard InChI is InChI=1S/C20H13N3O.H2/c24-20-17-12(9-21-20)15-10-5-1-3-7-13(10)22-18(15)19-16(17)11-6-2-4-8-14(11)23-19;/h1-8,22-23H,9H2,(H,21,24);1H. The highest BCUT2D eigenvalue weighted by molar-refractivity contribution is 6.30. The Morgan fingerprint density at radius 2 is 1.38 bits per heavy atom. The van der Waals surface area contributed by atoms with Crippen LogP contribution in [0.4, 0.5) is 0 Å². The molecule has 2 aromatic heterocycles. The minimum absolute atomic E-state index is 0. The van der Waals surface area contributed by atoms with Crippen molar-refractivity contribution in [3.8, 4) is 0 Å². The molecule has 116 valence electrons. The molecule has 1 aliphatic heterocycles. The van der Waals surface area contributed by atoms with E-state index in [2.05, 4.69) is 39.6 Å². The van der Waals surface area contributed by atoms with E-state index in [1.54, 1.807) is 0 Å². The summed E-state index contributed by atoms with van der Waals surface area (Å²) < 4.78 is 0. The molecule has 0 saturated heterocycles. The molecule has 1 amide bonds. The normalized spacial score (nSPS) is 14.1. The van der Waals surface area contributed by atoms with Crippen molar-refractivity contribution in [3.05, 3.63) is 59.7 Å². The van der Waals surface area contributed by atoms with Crippen LogP contribution in [0, 0.1) is 0 Å². The zero-order chi connectivity index (χ0) is 15.8. The fourth-order valence-electron chi connectivity index (χ4n) is 4.19. The van der Waals surface area contributed by atoms with Gasteiger partial charge in [0.2, 0.25) is 0 Å². The molecule has 0 aliphatic carbocycles. The smallest absolute Gasteiger partial charge is 0.252 e. The van der Waals surface area contributed by atoms with Crippen LogP contribution in [0.5, 0.6) is 0 Å². The van der Waals surface area contributed by atoms with E-state index in [0.29, 0.717) is 6.54 Å². The van der Waals surface area contributed by atoms with Gasteiger partial charge in [0.1, 0.15) is 0 Å². The van der Waals surface area contributed by atoms with Crippen LogP contribution in [0.3, 0.4) is 0 Å². The lowest BCUT2D eigenvalue weighted by Gasteiger charge is -2.03. The van der Waals surface area contributed by atoms with E-state index in [9.17, 15) is 4.79 Å². The van der Waals surface area contributed by atoms with Crippen molar-refractivity contribution in [1.29, 1.82) is 0 Å². The maximum Gasteiger partial charge on any atom is 0.252 e. The van der Waals surface area contributed by atoms with Crippen LogP contribution in [0.15, 0.2) is 48.5 Å². The average Bonchev–Trinajstić information content (AvgIpc) is 3.27. The van der Waals surface area contributed by atoms with Crippen molar-refractivity contribution >= 4 is 49.5 Å². The highest BCUT2D eigenvalue weighted by atomic mass is 16.1. The molecular weight excluding hydrogens is 298 g/mol. The first kappa shape index (κ1) is 12.2. The van der Waals surface area contributed by atoms with Crippen molar-refractivity contribution in [2.75, 3.05) is 0 Å². The lowest BCUT2D eigenvalue weighted by Crippen LogP contribution is -2.12. The molecule has 0 spiro atoms. The molecule has 0 unspecified atom stereocenters. The molecule has 0 atom stereocenters. The summed E-state index contributed by atoms with van der Waals surface area (Å²) >= 11 is 0. The van der Waals surface area contributed by atoms with Gasteiger partial charge >= 0.3 is 0 Å². The zero-order valence-electron chi connectivity index (χ0n) is 12.7. The van der Waals surface area contributed by atoms with Crippen LogP contribution in [0.1, 0.15) is 17.3 Å². The maximum absolute atomic E-state index is 12.6. The molecule has 24 heavy (non-hydrogen) atoms. The van der Waals surface area contributed by atoms with E-state index in [-0.39, 0.29) is 7.33 Å². The predicted octanol–water partition coefficient (Wildman–Crippen LogP) is 4.45. The molecule has 0 saturated carbocycles. The number of para-hydroxylation sites is 2. The quantitative estimate of drug-likeness (QED) is 0.389. The third-order valence-electron chi connectivity index (χ3n) is 5.17. The number of H-pyrrole nitrogens is 2. The van der Waals surface area contributed by atoms with Gasteiger partial charge in [-0.3, -0.25) is 4.79 Å². The average molecular weight is 313 g/mol. The molecule has 3 heterocycles. The molecule has 1 aliphatic rings. The molecule has 0 bridgehead atoms. The van der Waals surface area contributed by atoms with Crippen LogP contribution in [-0.4, -0.2) is 15.9 Å². The van der Waals surface area contributed by atoms with Crippen LogP contribution in [0.25, 0.3) is 43.6 Å². The van der Waals surface area contributed by atoms with Crippen LogP contribution >= 0.6 is 0 Å². The summed E-state index contributed by atoms with van der Waals surface area (Å²) in [6.07, 6.45) is 0. The minimum atomic E-state index is 0. The number of hydrogen-bond acceptors (Lipinski definition) is 1. The van der Waals surface area contributed by atoms with Gasteiger partial charge in [-0.25, -0.2) is 0 Å². The fourth-order valence-corrected chi connectivity index (χ4v) is 4.19. The van der Waals surface area contributed by atoms with Crippen LogP contribution < -0.4 is 5.32 Å². The Labute approximate surface area is 137 Å². The summed E-state index contributed by atoms with van der Waals surface area (Å²) in [7, 11) is 0. The summed E-state index contributed by atoms with van der Waals surface area (Å²) in [5.74, 6) is 0.0203. The number of nitrogens with one attached hydrogen (secondary N) is 3. The minimum Gasteiger partial charge on any atom is -0.353 e. The van der Waals surface area contributed by atoms with Crippen molar-refractivity contribution in [2.45, 2.75) is 6.54 Å². The number of aromatic amines is 2. The molecule has 0 fully saturated rings. The number of rotatable bonds is 0. The first-order chi connectivity index (χ1) is 11.8. The summed E-state index contributed by atoms with van der Waals surface area (Å²) in [5, 5.41) is 7.45. The number of amides is 1. The van der Waals surface area contributed by atoms with E-state index in [1.807, 2.05) is 24.3 Å². The number of benzene rings is 3. The largest absolute Gasteiger partial charge is 0.353 e. The van der Waals surface area contributed by atoms with Crippen LogP contribution in [-0.2, 0) is 6.54 Å². The Morgan fingerprint density at radius 3 is 2.08 bits per heavy atom. The van der Waals surface area contributed by atoms with Gasteiger partial charge in [-0.05, 0) is 17.7 Å². The van der Waals surface area contributed by atoms with E-state index in [0.717, 1.165) is 49.4 Å². The van der Waals surface area contributed by atoms with Gasteiger partial charge in [-0.15, -0.1) is 0 Å². The Hall–Kier alpha value is -3.27. The lowest BCUT2D eigenvalue weighted by molar-refractivity contribution is 0.0967. The third-order valence-corrected chi connectivity index (χ3v) is 5.17. The topological polar surface area (TPSA) is 60.7 Å². The number of hydrogen-bond donors (Lipinski definition) is 3. The van der Waals surface area contributed by atoms with E-state index >= 15 is 0 Å². The highest BCUT2D eigenvalue weighted by Gasteiger charge is 2.28. The summed E-state index contributed by atoms with van der Waals surface area (Å²) in [6, 6.07) is 16.4. The van der Waals surface area contributed by atoms with Gasteiger partial charge in [0.25, 0.3) is 5.91 Å². The van der Waals surface area contributed by atoms with Crippen molar-refractivity contribution in [1.82, 2.24) is 15.3 Å². The summed E-state index contributed by atoms with van der Waals surface area (Å²) in [4.78, 5) is 19.7. The van der Waals surface area contributed by atoms with Crippen molar-refractivity contribution in [2.24, 2.45) is 0 Å². The SMILES string of the molecule is O=C1NCc2c1c1c3ccccc3[nH]c1c1[nH]c3ccccc3c21.[HH]. The van der Waals surface area contributed by atoms with Crippen molar-refractivity contribution < 1.29 is 6.22 Å². The Balaban J connectivity index is 0.00000140. The zero-order valence-corrected chi connectivity index (χ0v) is 12.7.